The maximum Gasteiger partial charge on any atom is 0.408 e. The summed E-state index contributed by atoms with van der Waals surface area (Å²) < 4.78 is 10.7. The van der Waals surface area contributed by atoms with Crippen LogP contribution in [0.5, 0.6) is 0 Å². The van der Waals surface area contributed by atoms with Gasteiger partial charge < -0.3 is 30.3 Å². The number of amides is 4. The number of esters is 1. The number of ketones is 1. The molecule has 47 heavy (non-hydrogen) atoms. The minimum absolute atomic E-state index is 0.0780. The van der Waals surface area contributed by atoms with Crippen LogP contribution in [0.2, 0.25) is 0 Å². The van der Waals surface area contributed by atoms with Crippen LogP contribution in [-0.4, -0.2) is 82.9 Å². The standard InChI is InChI=1S/C35H56N4O8/c1-10-11-17-23(28(41)30(43)36-19-18-24(40)46-33(2,3)4)37-29(42)27-25-22(35(25,8)9)20-39(27)31(44)26(21-15-13-12-14-16-21)38-32(45)47-34(5,6)7/h10,21-23,25-27H,1,11-20H2,2-9H3,(H,36,43)(H,37,42)(H,38,45). The third kappa shape index (κ3) is 10.3. The number of rotatable bonds is 13. The number of fused-ring (bicyclic) bond motifs is 1. The van der Waals surface area contributed by atoms with Crippen LogP contribution in [0.1, 0.15) is 107 Å². The van der Waals surface area contributed by atoms with Gasteiger partial charge in [-0.25, -0.2) is 4.79 Å². The van der Waals surface area contributed by atoms with E-state index in [0.29, 0.717) is 13.0 Å². The van der Waals surface area contributed by atoms with Crippen LogP contribution in [0, 0.1) is 23.2 Å². The average Bonchev–Trinajstić information content (AvgIpc) is 3.26. The van der Waals surface area contributed by atoms with Gasteiger partial charge in [-0.15, -0.1) is 6.58 Å². The van der Waals surface area contributed by atoms with Gasteiger partial charge in [0.15, 0.2) is 0 Å². The van der Waals surface area contributed by atoms with Gasteiger partial charge in [-0.1, -0.05) is 39.2 Å². The Bertz CT molecular complexity index is 1210. The number of hydrogen-bond acceptors (Lipinski definition) is 8. The number of carbonyl (C=O) groups excluding carboxylic acids is 6. The maximum atomic E-state index is 14.3. The van der Waals surface area contributed by atoms with Crippen LogP contribution in [0.4, 0.5) is 4.79 Å². The van der Waals surface area contributed by atoms with E-state index >= 15 is 0 Å². The van der Waals surface area contributed by atoms with Crippen LogP contribution in [0.25, 0.3) is 0 Å². The van der Waals surface area contributed by atoms with Crippen molar-refractivity contribution in [2.24, 2.45) is 23.2 Å². The molecule has 12 heteroatoms. The summed E-state index contributed by atoms with van der Waals surface area (Å²) in [6, 6.07) is -2.88. The first-order valence-corrected chi connectivity index (χ1v) is 17.0. The molecule has 3 fully saturated rings. The number of nitrogens with one attached hydrogen (secondary N) is 3. The Morgan fingerprint density at radius 2 is 1.55 bits per heavy atom. The molecule has 12 nitrogen and oxygen atoms in total. The predicted molar refractivity (Wildman–Crippen MR) is 176 cm³/mol. The van der Waals surface area contributed by atoms with Crippen LogP contribution < -0.4 is 16.0 Å². The molecular formula is C35H56N4O8. The third-order valence-electron chi connectivity index (χ3n) is 9.37. The number of piperidine rings is 1. The Labute approximate surface area is 279 Å². The zero-order chi connectivity index (χ0) is 35.3. The van der Waals surface area contributed by atoms with E-state index in [9.17, 15) is 28.8 Å². The van der Waals surface area contributed by atoms with Gasteiger partial charge in [-0.2, -0.15) is 0 Å². The van der Waals surface area contributed by atoms with Gasteiger partial charge in [0.05, 0.1) is 12.5 Å². The first-order valence-electron chi connectivity index (χ1n) is 17.0. The summed E-state index contributed by atoms with van der Waals surface area (Å²) in [6.45, 7) is 18.5. The number of likely N-dealkylation sites (tertiary alicyclic amines) is 1. The Morgan fingerprint density at radius 3 is 2.13 bits per heavy atom. The van der Waals surface area contributed by atoms with Gasteiger partial charge in [-0.05, 0) is 90.4 Å². The molecule has 1 saturated heterocycles. The summed E-state index contributed by atoms with van der Waals surface area (Å²) in [5.74, 6) is -3.29. The Kier molecular flexibility index (Phi) is 12.3. The molecule has 1 aliphatic heterocycles. The predicted octanol–water partition coefficient (Wildman–Crippen LogP) is 3.81. The van der Waals surface area contributed by atoms with Crippen LogP contribution >= 0.6 is 0 Å². The Morgan fingerprint density at radius 1 is 0.936 bits per heavy atom. The lowest BCUT2D eigenvalue weighted by atomic mass is 9.83. The molecule has 1 heterocycles. The minimum atomic E-state index is -1.16. The van der Waals surface area contributed by atoms with Gasteiger partial charge in [0, 0.05) is 13.1 Å². The highest BCUT2D eigenvalue weighted by Crippen LogP contribution is 2.65. The van der Waals surface area contributed by atoms with Gasteiger partial charge in [0.2, 0.25) is 17.6 Å². The van der Waals surface area contributed by atoms with E-state index in [0.717, 1.165) is 32.1 Å². The summed E-state index contributed by atoms with van der Waals surface area (Å²) in [6.07, 6.45) is 5.79. The molecule has 0 aromatic rings. The van der Waals surface area contributed by atoms with Crippen molar-refractivity contribution < 1.29 is 38.2 Å². The fourth-order valence-electron chi connectivity index (χ4n) is 7.00. The second-order valence-corrected chi connectivity index (χ2v) is 15.8. The third-order valence-corrected chi connectivity index (χ3v) is 9.37. The van der Waals surface area contributed by atoms with E-state index in [2.05, 4.69) is 36.4 Å². The molecule has 0 spiro atoms. The molecule has 2 aliphatic carbocycles. The van der Waals surface area contributed by atoms with Crippen molar-refractivity contribution in [3.63, 3.8) is 0 Å². The molecule has 0 radical (unpaired) electrons. The fraction of sp³-hybridized carbons (Fsp3) is 0.771. The minimum Gasteiger partial charge on any atom is -0.460 e. The molecule has 3 N–H and O–H groups in total. The average molecular weight is 661 g/mol. The SMILES string of the molecule is C=CCCC(NC(=O)C1C2C(CN1C(=O)C(NC(=O)OC(C)(C)C)C1CCCCC1)C2(C)C)C(=O)C(=O)NCCC(=O)OC(C)(C)C. The van der Waals surface area contributed by atoms with Gasteiger partial charge in [0.1, 0.15) is 23.3 Å². The summed E-state index contributed by atoms with van der Waals surface area (Å²) in [4.78, 5) is 80.9. The van der Waals surface area contributed by atoms with Gasteiger partial charge in [-0.3, -0.25) is 24.0 Å². The molecular weight excluding hydrogens is 604 g/mol. The highest BCUT2D eigenvalue weighted by molar-refractivity contribution is 6.38. The highest BCUT2D eigenvalue weighted by atomic mass is 16.6. The number of nitrogens with zero attached hydrogens (tertiary/aromatic N) is 1. The van der Waals surface area contributed by atoms with Crippen LogP contribution in [-0.2, 0) is 33.4 Å². The lowest BCUT2D eigenvalue weighted by molar-refractivity contribution is -0.154. The van der Waals surface area contributed by atoms with Gasteiger partial charge >= 0.3 is 12.1 Å². The second-order valence-electron chi connectivity index (χ2n) is 15.8. The maximum absolute atomic E-state index is 14.3. The van der Waals surface area contributed by atoms with E-state index in [1.165, 1.54) is 0 Å². The number of allylic oxidation sites excluding steroid dienone is 1. The van der Waals surface area contributed by atoms with Crippen LogP contribution in [0.3, 0.4) is 0 Å². The summed E-state index contributed by atoms with van der Waals surface area (Å²) in [7, 11) is 0. The summed E-state index contributed by atoms with van der Waals surface area (Å²) >= 11 is 0. The quantitative estimate of drug-likeness (QED) is 0.153. The molecule has 3 rings (SSSR count). The first-order chi connectivity index (χ1) is 21.8. The van der Waals surface area contributed by atoms with Crippen molar-refractivity contribution in [2.45, 2.75) is 136 Å². The first kappa shape index (κ1) is 38.0. The van der Waals surface area contributed by atoms with Crippen molar-refractivity contribution in [3.8, 4) is 0 Å². The molecule has 0 aromatic heterocycles. The van der Waals surface area contributed by atoms with E-state index in [4.69, 9.17) is 9.47 Å². The van der Waals surface area contributed by atoms with Crippen molar-refractivity contribution >= 4 is 35.6 Å². The monoisotopic (exact) mass is 660 g/mol. The fourth-order valence-corrected chi connectivity index (χ4v) is 7.00. The highest BCUT2D eigenvalue weighted by Gasteiger charge is 2.69. The Balaban J connectivity index is 1.77. The molecule has 4 amide bonds. The molecule has 2 saturated carbocycles. The van der Waals surface area contributed by atoms with Crippen LogP contribution in [0.15, 0.2) is 12.7 Å². The normalized spacial score (nSPS) is 23.4. The summed E-state index contributed by atoms with van der Waals surface area (Å²) in [5.41, 5.74) is -1.62. The molecule has 5 atom stereocenters. The lowest BCUT2D eigenvalue weighted by Crippen LogP contribution is -2.59. The molecule has 264 valence electrons. The van der Waals surface area contributed by atoms with E-state index < -0.39 is 59.0 Å². The molecule has 5 unspecified atom stereocenters. The number of carbonyl (C=O) groups is 6. The van der Waals surface area contributed by atoms with Crippen molar-refractivity contribution in [1.82, 2.24) is 20.9 Å². The van der Waals surface area contributed by atoms with E-state index in [1.807, 2.05) is 0 Å². The molecule has 3 aliphatic rings. The van der Waals surface area contributed by atoms with E-state index in [1.54, 1.807) is 52.5 Å². The number of alkyl carbamates (subject to hydrolysis) is 1. The number of ether oxygens (including phenoxy) is 2. The van der Waals surface area contributed by atoms with Crippen molar-refractivity contribution in [2.75, 3.05) is 13.1 Å². The number of Topliss-reactive ketones (excluding diaryl/α,β-unsaturated/α-hetero) is 1. The van der Waals surface area contributed by atoms with Gasteiger partial charge in [0.25, 0.3) is 5.91 Å². The molecule has 0 aromatic carbocycles. The largest absolute Gasteiger partial charge is 0.460 e. The number of hydrogen-bond donors (Lipinski definition) is 3. The lowest BCUT2D eigenvalue weighted by Gasteiger charge is -2.37. The van der Waals surface area contributed by atoms with Crippen molar-refractivity contribution in [1.29, 1.82) is 0 Å². The zero-order valence-electron chi connectivity index (χ0n) is 29.5. The molecule has 0 bridgehead atoms. The van der Waals surface area contributed by atoms with Crippen molar-refractivity contribution in [3.05, 3.63) is 12.7 Å². The zero-order valence-corrected chi connectivity index (χ0v) is 29.5. The summed E-state index contributed by atoms with van der Waals surface area (Å²) in [5, 5.41) is 8.07. The Hall–Kier alpha value is -3.44. The second kappa shape index (κ2) is 15.2. The smallest absolute Gasteiger partial charge is 0.408 e. The van der Waals surface area contributed by atoms with E-state index in [-0.39, 0.29) is 48.5 Å². The topological polar surface area (TPSA) is 160 Å².